The van der Waals surface area contributed by atoms with Crippen molar-refractivity contribution in [3.05, 3.63) is 138 Å². The first-order valence-electron chi connectivity index (χ1n) is 12.5. The lowest BCUT2D eigenvalue weighted by Crippen LogP contribution is -2.28. The predicted octanol–water partition coefficient (Wildman–Crippen LogP) is 6.41. The summed E-state index contributed by atoms with van der Waals surface area (Å²) >= 11 is 0. The van der Waals surface area contributed by atoms with Gasteiger partial charge in [-0.1, -0.05) is 103 Å². The van der Waals surface area contributed by atoms with Gasteiger partial charge < -0.3 is 14.6 Å². The van der Waals surface area contributed by atoms with Crippen LogP contribution in [0.3, 0.4) is 0 Å². The van der Waals surface area contributed by atoms with E-state index in [-0.39, 0.29) is 6.10 Å². The summed E-state index contributed by atoms with van der Waals surface area (Å²) in [5, 5.41) is 11.2. The van der Waals surface area contributed by atoms with Crippen LogP contribution in [0.25, 0.3) is 0 Å². The molecule has 1 N–H and O–H groups in total. The first-order chi connectivity index (χ1) is 17.7. The molecular weight excluding hydrogens is 446 g/mol. The van der Waals surface area contributed by atoms with E-state index < -0.39 is 6.10 Å². The highest BCUT2D eigenvalue weighted by Gasteiger charge is 2.16. The average molecular weight is 482 g/mol. The standard InChI is InChI=1S/C32H35NO3/c1-26(24-35-25-29-16-9-4-10-17-29)36-31-19-11-18-30(20-31)32(34)23-33(21-27-12-5-2-6-13-27)22-28-14-7-3-8-15-28/h2-20,26,32,34H,21-25H2,1H3/t26-,32-/m1/s1. The molecule has 0 amide bonds. The zero-order valence-electron chi connectivity index (χ0n) is 20.9. The van der Waals surface area contributed by atoms with Crippen molar-refractivity contribution in [2.75, 3.05) is 13.2 Å². The molecule has 0 fully saturated rings. The molecule has 0 saturated carbocycles. The van der Waals surface area contributed by atoms with Gasteiger partial charge in [0.1, 0.15) is 11.9 Å². The molecular formula is C32H35NO3. The molecule has 0 aromatic heterocycles. The van der Waals surface area contributed by atoms with E-state index >= 15 is 0 Å². The summed E-state index contributed by atoms with van der Waals surface area (Å²) in [6.45, 7) is 5.09. The fourth-order valence-corrected chi connectivity index (χ4v) is 4.20. The highest BCUT2D eigenvalue weighted by molar-refractivity contribution is 5.30. The van der Waals surface area contributed by atoms with Gasteiger partial charge in [0.25, 0.3) is 0 Å². The molecule has 0 aliphatic carbocycles. The number of ether oxygens (including phenoxy) is 2. The minimum Gasteiger partial charge on any atom is -0.488 e. The van der Waals surface area contributed by atoms with Crippen LogP contribution in [0.2, 0.25) is 0 Å². The molecule has 0 radical (unpaired) electrons. The molecule has 0 aliphatic rings. The van der Waals surface area contributed by atoms with Crippen molar-refractivity contribution in [3.8, 4) is 5.75 Å². The summed E-state index contributed by atoms with van der Waals surface area (Å²) in [4.78, 5) is 2.28. The first-order valence-corrected chi connectivity index (χ1v) is 12.5. The monoisotopic (exact) mass is 481 g/mol. The van der Waals surface area contributed by atoms with Crippen molar-refractivity contribution < 1.29 is 14.6 Å². The number of rotatable bonds is 13. The van der Waals surface area contributed by atoms with Crippen LogP contribution in [0.15, 0.2) is 115 Å². The van der Waals surface area contributed by atoms with Crippen LogP contribution in [-0.2, 0) is 24.4 Å². The Labute approximate surface area is 214 Å². The largest absolute Gasteiger partial charge is 0.488 e. The molecule has 2 atom stereocenters. The molecule has 4 rings (SSSR count). The smallest absolute Gasteiger partial charge is 0.120 e. The van der Waals surface area contributed by atoms with Crippen molar-refractivity contribution in [2.24, 2.45) is 0 Å². The Morgan fingerprint density at radius 3 is 1.83 bits per heavy atom. The summed E-state index contributed by atoms with van der Waals surface area (Å²) < 4.78 is 11.9. The van der Waals surface area contributed by atoms with E-state index in [1.165, 1.54) is 11.1 Å². The number of aliphatic hydroxyl groups is 1. The van der Waals surface area contributed by atoms with Crippen LogP contribution >= 0.6 is 0 Å². The van der Waals surface area contributed by atoms with E-state index in [1.807, 2.05) is 61.5 Å². The van der Waals surface area contributed by atoms with E-state index in [1.54, 1.807) is 0 Å². The van der Waals surface area contributed by atoms with E-state index in [0.717, 1.165) is 30.0 Å². The molecule has 4 aromatic carbocycles. The molecule has 0 aliphatic heterocycles. The summed E-state index contributed by atoms with van der Waals surface area (Å²) in [6, 6.07) is 38.6. The van der Waals surface area contributed by atoms with Crippen LogP contribution in [0, 0.1) is 0 Å². The topological polar surface area (TPSA) is 41.9 Å². The number of hydrogen-bond acceptors (Lipinski definition) is 4. The van der Waals surface area contributed by atoms with E-state index in [2.05, 4.69) is 65.6 Å². The second-order valence-corrected chi connectivity index (χ2v) is 9.16. The van der Waals surface area contributed by atoms with E-state index in [4.69, 9.17) is 9.47 Å². The van der Waals surface area contributed by atoms with Gasteiger partial charge >= 0.3 is 0 Å². The molecule has 4 nitrogen and oxygen atoms in total. The van der Waals surface area contributed by atoms with Gasteiger partial charge in [-0.3, -0.25) is 4.90 Å². The molecule has 0 saturated heterocycles. The Hall–Kier alpha value is -3.44. The maximum absolute atomic E-state index is 11.2. The lowest BCUT2D eigenvalue weighted by Gasteiger charge is -2.26. The Morgan fingerprint density at radius 1 is 0.694 bits per heavy atom. The average Bonchev–Trinajstić information content (AvgIpc) is 2.90. The normalized spacial score (nSPS) is 12.9. The van der Waals surface area contributed by atoms with Gasteiger partial charge in [-0.2, -0.15) is 0 Å². The second-order valence-electron chi connectivity index (χ2n) is 9.16. The van der Waals surface area contributed by atoms with Gasteiger partial charge in [-0.15, -0.1) is 0 Å². The van der Waals surface area contributed by atoms with Crippen LogP contribution in [0.4, 0.5) is 0 Å². The molecule has 36 heavy (non-hydrogen) atoms. The van der Waals surface area contributed by atoms with Crippen LogP contribution < -0.4 is 4.74 Å². The minimum atomic E-state index is -0.634. The Balaban J connectivity index is 1.35. The zero-order valence-corrected chi connectivity index (χ0v) is 20.9. The van der Waals surface area contributed by atoms with Crippen molar-refractivity contribution in [2.45, 2.75) is 38.8 Å². The summed E-state index contributed by atoms with van der Waals surface area (Å²) in [6.07, 6.45) is -0.737. The number of benzene rings is 4. The van der Waals surface area contributed by atoms with Crippen molar-refractivity contribution in [1.29, 1.82) is 0 Å². The van der Waals surface area contributed by atoms with Crippen molar-refractivity contribution >= 4 is 0 Å². The van der Waals surface area contributed by atoms with Crippen LogP contribution in [0.1, 0.15) is 35.3 Å². The molecule has 4 heteroatoms. The van der Waals surface area contributed by atoms with Gasteiger partial charge in [0.05, 0.1) is 19.3 Å². The third-order valence-electron chi connectivity index (χ3n) is 5.97. The molecule has 186 valence electrons. The molecule has 0 spiro atoms. The summed E-state index contributed by atoms with van der Waals surface area (Å²) in [7, 11) is 0. The van der Waals surface area contributed by atoms with Crippen LogP contribution in [0.5, 0.6) is 5.75 Å². The third-order valence-corrected chi connectivity index (χ3v) is 5.97. The number of aliphatic hydroxyl groups excluding tert-OH is 1. The van der Waals surface area contributed by atoms with Crippen LogP contribution in [-0.4, -0.2) is 29.3 Å². The molecule has 4 aromatic rings. The highest BCUT2D eigenvalue weighted by atomic mass is 16.5. The van der Waals surface area contributed by atoms with Gasteiger partial charge in [-0.05, 0) is 41.3 Å². The molecule has 0 unspecified atom stereocenters. The predicted molar refractivity (Wildman–Crippen MR) is 145 cm³/mol. The summed E-state index contributed by atoms with van der Waals surface area (Å²) in [5.41, 5.74) is 4.44. The fraction of sp³-hybridized carbons (Fsp3) is 0.250. The quantitative estimate of drug-likeness (QED) is 0.240. The van der Waals surface area contributed by atoms with Gasteiger partial charge in [0.15, 0.2) is 0 Å². The lowest BCUT2D eigenvalue weighted by atomic mass is 10.1. The van der Waals surface area contributed by atoms with E-state index in [0.29, 0.717) is 19.8 Å². The second kappa shape index (κ2) is 13.6. The minimum absolute atomic E-state index is 0.103. The maximum atomic E-state index is 11.2. The van der Waals surface area contributed by atoms with Gasteiger partial charge in [-0.25, -0.2) is 0 Å². The summed E-state index contributed by atoms with van der Waals surface area (Å²) in [5.74, 6) is 0.736. The van der Waals surface area contributed by atoms with Crippen molar-refractivity contribution in [3.63, 3.8) is 0 Å². The molecule has 0 bridgehead atoms. The first kappa shape index (κ1) is 25.6. The van der Waals surface area contributed by atoms with Gasteiger partial charge in [0.2, 0.25) is 0 Å². The lowest BCUT2D eigenvalue weighted by molar-refractivity contribution is 0.0490. The fourth-order valence-electron chi connectivity index (χ4n) is 4.20. The Morgan fingerprint density at radius 2 is 1.25 bits per heavy atom. The zero-order chi connectivity index (χ0) is 25.0. The molecule has 0 heterocycles. The SMILES string of the molecule is C[C@H](COCc1ccccc1)Oc1cccc([C@H](O)CN(Cc2ccccc2)Cc2ccccc2)c1. The number of nitrogens with zero attached hydrogens (tertiary/aromatic N) is 1. The third kappa shape index (κ3) is 8.35. The van der Waals surface area contributed by atoms with Gasteiger partial charge in [0, 0.05) is 19.6 Å². The Bertz CT molecular complexity index is 1110. The highest BCUT2D eigenvalue weighted by Crippen LogP contribution is 2.23. The Kier molecular flexibility index (Phi) is 9.69. The maximum Gasteiger partial charge on any atom is 0.120 e. The van der Waals surface area contributed by atoms with E-state index in [9.17, 15) is 5.11 Å². The number of hydrogen-bond donors (Lipinski definition) is 1. The van der Waals surface area contributed by atoms with Crippen molar-refractivity contribution in [1.82, 2.24) is 4.90 Å².